The molecule has 0 radical (unpaired) electrons. The molecule has 0 aliphatic carbocycles. The van der Waals surface area contributed by atoms with Crippen molar-refractivity contribution in [2.75, 3.05) is 5.73 Å². The Balaban J connectivity index is 2.18. The fraction of sp³-hybridized carbons (Fsp3) is 0.125. The number of benzene rings is 2. The van der Waals surface area contributed by atoms with Crippen molar-refractivity contribution in [2.24, 2.45) is 0 Å². The van der Waals surface area contributed by atoms with E-state index >= 15 is 0 Å². The van der Waals surface area contributed by atoms with Crippen LogP contribution in [-0.4, -0.2) is 5.97 Å². The molecule has 0 fully saturated rings. The van der Waals surface area contributed by atoms with Gasteiger partial charge in [-0.3, -0.25) is 0 Å². The van der Waals surface area contributed by atoms with Crippen LogP contribution in [0.1, 0.15) is 27.0 Å². The molecule has 0 aliphatic heterocycles. The first-order valence-electron chi connectivity index (χ1n) is 6.23. The van der Waals surface area contributed by atoms with Crippen LogP contribution in [0.25, 0.3) is 0 Å². The van der Waals surface area contributed by atoms with E-state index in [2.05, 4.69) is 22.0 Å². The molecule has 0 unspecified atom stereocenters. The van der Waals surface area contributed by atoms with Crippen LogP contribution in [0.15, 0.2) is 40.9 Å². The molecule has 0 aromatic heterocycles. The van der Waals surface area contributed by atoms with Gasteiger partial charge in [0, 0.05) is 15.7 Å². The summed E-state index contributed by atoms with van der Waals surface area (Å²) >= 11 is 3.30. The quantitative estimate of drug-likeness (QED) is 0.682. The van der Waals surface area contributed by atoms with Crippen molar-refractivity contribution in [1.29, 1.82) is 5.26 Å². The predicted molar refractivity (Wildman–Crippen MR) is 83.6 cm³/mol. The second-order valence-corrected chi connectivity index (χ2v) is 5.43. The zero-order chi connectivity index (χ0) is 15.4. The fourth-order valence-corrected chi connectivity index (χ4v) is 2.36. The summed E-state index contributed by atoms with van der Waals surface area (Å²) in [5, 5.41) is 9.00. The van der Waals surface area contributed by atoms with E-state index in [9.17, 15) is 4.79 Å². The van der Waals surface area contributed by atoms with Gasteiger partial charge in [0.1, 0.15) is 6.61 Å². The number of hydrogen-bond donors (Lipinski definition) is 1. The Morgan fingerprint density at radius 2 is 2.10 bits per heavy atom. The number of nitrogens with two attached hydrogens (primary N) is 1. The Labute approximate surface area is 131 Å². The van der Waals surface area contributed by atoms with Gasteiger partial charge in [0.05, 0.1) is 17.2 Å². The summed E-state index contributed by atoms with van der Waals surface area (Å²) in [5.41, 5.74) is 8.62. The highest BCUT2D eigenvalue weighted by molar-refractivity contribution is 9.10. The molecule has 0 bridgehead atoms. The summed E-state index contributed by atoms with van der Waals surface area (Å²) in [6.07, 6.45) is 0. The van der Waals surface area contributed by atoms with Crippen molar-refractivity contribution in [1.82, 2.24) is 0 Å². The number of nitrogen functional groups attached to an aromatic ring is 1. The van der Waals surface area contributed by atoms with Gasteiger partial charge in [-0.25, -0.2) is 4.79 Å². The number of carbonyl (C=O) groups excluding carboxylic acids is 1. The maximum Gasteiger partial charge on any atom is 0.338 e. The van der Waals surface area contributed by atoms with Gasteiger partial charge in [0.2, 0.25) is 0 Å². The van der Waals surface area contributed by atoms with E-state index in [-0.39, 0.29) is 6.61 Å². The lowest BCUT2D eigenvalue weighted by Gasteiger charge is -2.10. The number of nitrogens with zero attached hydrogens (tertiary/aromatic N) is 1. The number of rotatable bonds is 3. The lowest BCUT2D eigenvalue weighted by Crippen LogP contribution is -2.09. The van der Waals surface area contributed by atoms with E-state index in [0.29, 0.717) is 27.9 Å². The van der Waals surface area contributed by atoms with Crippen molar-refractivity contribution in [3.63, 3.8) is 0 Å². The maximum absolute atomic E-state index is 12.2. The number of hydrogen-bond acceptors (Lipinski definition) is 4. The Morgan fingerprint density at radius 1 is 1.38 bits per heavy atom. The Kier molecular flexibility index (Phi) is 4.61. The van der Waals surface area contributed by atoms with Gasteiger partial charge < -0.3 is 10.5 Å². The molecule has 21 heavy (non-hydrogen) atoms. The molecule has 0 saturated carbocycles. The van der Waals surface area contributed by atoms with E-state index in [0.717, 1.165) is 4.47 Å². The normalized spacial score (nSPS) is 9.95. The number of esters is 1. The molecule has 2 aromatic rings. The zero-order valence-electron chi connectivity index (χ0n) is 11.4. The smallest absolute Gasteiger partial charge is 0.338 e. The van der Waals surface area contributed by atoms with Gasteiger partial charge in [-0.05, 0) is 30.7 Å². The summed E-state index contributed by atoms with van der Waals surface area (Å²) in [6.45, 7) is 1.82. The zero-order valence-corrected chi connectivity index (χ0v) is 13.0. The van der Waals surface area contributed by atoms with Crippen molar-refractivity contribution in [3.05, 3.63) is 63.1 Å². The molecule has 4 nitrogen and oxygen atoms in total. The van der Waals surface area contributed by atoms with Gasteiger partial charge in [-0.1, -0.05) is 34.1 Å². The van der Waals surface area contributed by atoms with Gasteiger partial charge in [-0.2, -0.15) is 5.26 Å². The van der Waals surface area contributed by atoms with Crippen LogP contribution < -0.4 is 5.73 Å². The van der Waals surface area contributed by atoms with Crippen molar-refractivity contribution in [2.45, 2.75) is 13.5 Å². The molecule has 0 aliphatic rings. The highest BCUT2D eigenvalue weighted by atomic mass is 79.9. The summed E-state index contributed by atoms with van der Waals surface area (Å²) in [5.74, 6) is -0.465. The van der Waals surface area contributed by atoms with Gasteiger partial charge >= 0.3 is 5.97 Å². The molecule has 0 spiro atoms. The predicted octanol–water partition coefficient (Wildman–Crippen LogP) is 3.57. The molecule has 0 amide bonds. The van der Waals surface area contributed by atoms with Crippen molar-refractivity contribution in [3.8, 4) is 6.07 Å². The SMILES string of the molecule is Cc1c(N)cc(Br)cc1C(=O)OCc1ccccc1C#N. The molecule has 0 atom stereocenters. The molecule has 2 N–H and O–H groups in total. The molecular formula is C16H13BrN2O2. The lowest BCUT2D eigenvalue weighted by molar-refractivity contribution is 0.0471. The van der Waals surface area contributed by atoms with Crippen LogP contribution in [0.3, 0.4) is 0 Å². The number of anilines is 1. The van der Waals surface area contributed by atoms with Crippen LogP contribution in [0.5, 0.6) is 0 Å². The average molecular weight is 345 g/mol. The first-order chi connectivity index (χ1) is 10.0. The lowest BCUT2D eigenvalue weighted by atomic mass is 10.1. The van der Waals surface area contributed by atoms with Crippen molar-refractivity contribution < 1.29 is 9.53 Å². The summed E-state index contributed by atoms with van der Waals surface area (Å²) in [4.78, 5) is 12.2. The highest BCUT2D eigenvalue weighted by Gasteiger charge is 2.14. The summed E-state index contributed by atoms with van der Waals surface area (Å²) in [7, 11) is 0. The number of nitriles is 1. The van der Waals surface area contributed by atoms with Crippen LogP contribution in [0, 0.1) is 18.3 Å². The van der Waals surface area contributed by atoms with E-state index in [1.54, 1.807) is 43.3 Å². The second-order valence-electron chi connectivity index (χ2n) is 4.51. The van der Waals surface area contributed by atoms with Crippen LogP contribution in [-0.2, 0) is 11.3 Å². The van der Waals surface area contributed by atoms with Crippen molar-refractivity contribution >= 4 is 27.6 Å². The third kappa shape index (κ3) is 3.41. The van der Waals surface area contributed by atoms with Crippen LogP contribution in [0.4, 0.5) is 5.69 Å². The third-order valence-corrected chi connectivity index (χ3v) is 3.59. The standard InChI is InChI=1S/C16H13BrN2O2/c1-10-14(6-13(17)7-15(10)19)16(20)21-9-12-5-3-2-4-11(12)8-18/h2-7H,9,19H2,1H3. The number of ether oxygens (including phenoxy) is 1. The van der Waals surface area contributed by atoms with Crippen LogP contribution >= 0.6 is 15.9 Å². The molecule has 106 valence electrons. The first kappa shape index (κ1) is 15.1. The number of halogens is 1. The summed E-state index contributed by atoms with van der Waals surface area (Å²) in [6, 6.07) is 12.5. The minimum atomic E-state index is -0.465. The van der Waals surface area contributed by atoms with Gasteiger partial charge in [-0.15, -0.1) is 0 Å². The van der Waals surface area contributed by atoms with Gasteiger partial charge in [0.25, 0.3) is 0 Å². The van der Waals surface area contributed by atoms with Crippen LogP contribution in [0.2, 0.25) is 0 Å². The maximum atomic E-state index is 12.2. The fourth-order valence-electron chi connectivity index (χ4n) is 1.89. The Bertz CT molecular complexity index is 736. The minimum Gasteiger partial charge on any atom is -0.457 e. The average Bonchev–Trinajstić information content (AvgIpc) is 2.48. The molecule has 0 heterocycles. The highest BCUT2D eigenvalue weighted by Crippen LogP contribution is 2.23. The molecule has 2 rings (SSSR count). The largest absolute Gasteiger partial charge is 0.457 e. The number of carbonyl (C=O) groups is 1. The molecule has 2 aromatic carbocycles. The van der Waals surface area contributed by atoms with E-state index in [1.165, 1.54) is 0 Å². The first-order valence-corrected chi connectivity index (χ1v) is 7.03. The summed E-state index contributed by atoms with van der Waals surface area (Å²) < 4.78 is 6.00. The Morgan fingerprint density at radius 3 is 2.81 bits per heavy atom. The molecule has 0 saturated heterocycles. The molecular weight excluding hydrogens is 332 g/mol. The monoisotopic (exact) mass is 344 g/mol. The third-order valence-electron chi connectivity index (χ3n) is 3.13. The van der Waals surface area contributed by atoms with Gasteiger partial charge in [0.15, 0.2) is 0 Å². The Hall–Kier alpha value is -2.32. The topological polar surface area (TPSA) is 76.1 Å². The minimum absolute atomic E-state index is 0.0500. The van der Waals surface area contributed by atoms with E-state index < -0.39 is 5.97 Å². The molecule has 5 heteroatoms. The second kappa shape index (κ2) is 6.42. The van der Waals surface area contributed by atoms with E-state index in [1.807, 2.05) is 0 Å². The van der Waals surface area contributed by atoms with E-state index in [4.69, 9.17) is 15.7 Å².